The van der Waals surface area contributed by atoms with Crippen LogP contribution in [0, 0.1) is 0 Å². The number of hydrogen-bond donors (Lipinski definition) is 1. The summed E-state index contributed by atoms with van der Waals surface area (Å²) in [6.07, 6.45) is -0.681. The Bertz CT molecular complexity index is 365. The van der Waals surface area contributed by atoms with Gasteiger partial charge in [0.1, 0.15) is 0 Å². The molecule has 1 nitrogen and oxygen atoms in total. The summed E-state index contributed by atoms with van der Waals surface area (Å²) in [6, 6.07) is 7.82. The van der Waals surface area contributed by atoms with Crippen molar-refractivity contribution in [3.05, 3.63) is 35.9 Å². The zero-order chi connectivity index (χ0) is 12.4. The lowest BCUT2D eigenvalue weighted by atomic mass is 9.92. The third-order valence-electron chi connectivity index (χ3n) is 2.43. The van der Waals surface area contributed by atoms with Gasteiger partial charge in [0.2, 0.25) is 0 Å². The summed E-state index contributed by atoms with van der Waals surface area (Å²) in [5.41, 5.74) is -2.73. The lowest BCUT2D eigenvalue weighted by molar-refractivity contribution is -0.154. The minimum atomic E-state index is -4.06. The topological polar surface area (TPSA) is 17.1 Å². The molecule has 88 valence electrons. The van der Waals surface area contributed by atoms with Crippen LogP contribution in [0.3, 0.4) is 0 Å². The molecule has 16 heavy (non-hydrogen) atoms. The molecule has 2 atom stereocenters. The fourth-order valence-corrected chi connectivity index (χ4v) is 1.59. The Morgan fingerprint density at radius 3 is 2.19 bits per heavy atom. The van der Waals surface area contributed by atoms with Gasteiger partial charge >= 0.3 is 5.92 Å². The van der Waals surface area contributed by atoms with Crippen molar-refractivity contribution >= 4 is 18.9 Å². The number of carbonyl (C=O) groups is 1. The maximum absolute atomic E-state index is 13.9. The second kappa shape index (κ2) is 4.49. The fraction of sp³-hybridized carbons (Fsp3) is 0.364. The maximum Gasteiger partial charge on any atom is 0.336 e. The van der Waals surface area contributed by atoms with Crippen LogP contribution < -0.4 is 0 Å². The molecule has 5 heteroatoms. The van der Waals surface area contributed by atoms with E-state index in [4.69, 9.17) is 0 Å². The van der Waals surface area contributed by atoms with E-state index in [0.29, 0.717) is 12.5 Å². The van der Waals surface area contributed by atoms with Crippen molar-refractivity contribution in [3.8, 4) is 0 Å². The summed E-state index contributed by atoms with van der Waals surface area (Å²) in [5.74, 6) is -4.06. The molecule has 0 fully saturated rings. The number of hydrogen-bond acceptors (Lipinski definition) is 2. The first-order chi connectivity index (χ1) is 7.33. The molecular weight excluding hydrogens is 237 g/mol. The van der Waals surface area contributed by atoms with Crippen molar-refractivity contribution in [2.24, 2.45) is 0 Å². The molecule has 0 saturated carbocycles. The predicted molar refractivity (Wildman–Crippen MR) is 58.7 cm³/mol. The van der Waals surface area contributed by atoms with Crippen molar-refractivity contribution < 1.29 is 18.0 Å². The SMILES string of the molecule is CC(F)(C(S)c1ccccc1)C(F)(F)C=O. The van der Waals surface area contributed by atoms with Gasteiger partial charge < -0.3 is 0 Å². The molecule has 1 aromatic rings. The standard InChI is InChI=1S/C11H11F3OS/c1-10(12,11(13,14)7-15)9(16)8-5-3-2-4-6-8/h2-7,9,16H,1H3. The van der Waals surface area contributed by atoms with Gasteiger partial charge in [-0.05, 0) is 12.5 Å². The largest absolute Gasteiger partial charge is 0.336 e. The molecule has 1 rings (SSSR count). The van der Waals surface area contributed by atoms with Gasteiger partial charge in [0.25, 0.3) is 0 Å². The number of aldehydes is 1. The van der Waals surface area contributed by atoms with Crippen LogP contribution in [-0.4, -0.2) is 17.9 Å². The lowest BCUT2D eigenvalue weighted by Crippen LogP contribution is -2.46. The second-order valence-electron chi connectivity index (χ2n) is 3.63. The smallest absolute Gasteiger partial charge is 0.297 e. The number of alkyl halides is 3. The van der Waals surface area contributed by atoms with Gasteiger partial charge in [0.15, 0.2) is 12.0 Å². The second-order valence-corrected chi connectivity index (χ2v) is 4.15. The van der Waals surface area contributed by atoms with Gasteiger partial charge in [-0.2, -0.15) is 21.4 Å². The number of carbonyl (C=O) groups excluding carboxylic acids is 1. The summed E-state index contributed by atoms with van der Waals surface area (Å²) >= 11 is 3.83. The molecule has 2 unspecified atom stereocenters. The number of halogens is 3. The van der Waals surface area contributed by atoms with Crippen LogP contribution in [0.15, 0.2) is 30.3 Å². The van der Waals surface area contributed by atoms with Crippen molar-refractivity contribution in [1.29, 1.82) is 0 Å². The number of thiol groups is 1. The molecule has 0 N–H and O–H groups in total. The van der Waals surface area contributed by atoms with Crippen LogP contribution in [0.25, 0.3) is 0 Å². The fourth-order valence-electron chi connectivity index (χ4n) is 1.25. The molecule has 0 aromatic heterocycles. The molecule has 0 spiro atoms. The molecule has 0 heterocycles. The minimum Gasteiger partial charge on any atom is -0.297 e. The van der Waals surface area contributed by atoms with Gasteiger partial charge in [-0.25, -0.2) is 4.39 Å². The Hall–Kier alpha value is -0.970. The van der Waals surface area contributed by atoms with E-state index >= 15 is 0 Å². The first-order valence-electron chi connectivity index (χ1n) is 4.59. The average Bonchev–Trinajstić information content (AvgIpc) is 2.29. The molecule has 0 saturated heterocycles. The van der Waals surface area contributed by atoms with E-state index < -0.39 is 23.1 Å². The molecule has 0 aliphatic carbocycles. The van der Waals surface area contributed by atoms with Crippen LogP contribution in [0.5, 0.6) is 0 Å². The molecule has 0 bridgehead atoms. The summed E-state index contributed by atoms with van der Waals surface area (Å²) in [6.45, 7) is 0.673. The zero-order valence-corrected chi connectivity index (χ0v) is 9.43. The summed E-state index contributed by atoms with van der Waals surface area (Å²) < 4.78 is 40.0. The number of benzene rings is 1. The van der Waals surface area contributed by atoms with Gasteiger partial charge in [0, 0.05) is 0 Å². The zero-order valence-electron chi connectivity index (χ0n) is 8.53. The molecule has 1 aromatic carbocycles. The monoisotopic (exact) mass is 248 g/mol. The summed E-state index contributed by atoms with van der Waals surface area (Å²) in [4.78, 5) is 10.2. The van der Waals surface area contributed by atoms with E-state index in [0.717, 1.165) is 0 Å². The minimum absolute atomic E-state index is 0.303. The quantitative estimate of drug-likeness (QED) is 0.639. The van der Waals surface area contributed by atoms with E-state index in [-0.39, 0.29) is 0 Å². The van der Waals surface area contributed by atoms with Crippen molar-refractivity contribution in [1.82, 2.24) is 0 Å². The molecular formula is C11H11F3OS. The van der Waals surface area contributed by atoms with E-state index in [1.165, 1.54) is 12.1 Å². The first kappa shape index (κ1) is 13.1. The van der Waals surface area contributed by atoms with E-state index in [2.05, 4.69) is 12.6 Å². The van der Waals surface area contributed by atoms with Crippen LogP contribution in [-0.2, 0) is 4.79 Å². The average molecular weight is 248 g/mol. The van der Waals surface area contributed by atoms with Crippen molar-refractivity contribution in [2.75, 3.05) is 0 Å². The van der Waals surface area contributed by atoms with E-state index in [1.54, 1.807) is 18.2 Å². The van der Waals surface area contributed by atoms with Crippen LogP contribution >= 0.6 is 12.6 Å². The Labute approximate surface area is 97.1 Å². The van der Waals surface area contributed by atoms with Gasteiger partial charge in [0.05, 0.1) is 5.25 Å². The normalized spacial score (nSPS) is 17.6. The highest BCUT2D eigenvalue weighted by atomic mass is 32.1. The lowest BCUT2D eigenvalue weighted by Gasteiger charge is -2.31. The Morgan fingerprint density at radius 1 is 1.25 bits per heavy atom. The highest BCUT2D eigenvalue weighted by Crippen LogP contribution is 2.44. The van der Waals surface area contributed by atoms with E-state index in [9.17, 15) is 18.0 Å². The Morgan fingerprint density at radius 2 is 1.75 bits per heavy atom. The Balaban J connectivity index is 3.06. The number of rotatable bonds is 4. The van der Waals surface area contributed by atoms with Gasteiger partial charge in [-0.15, -0.1) is 0 Å². The first-order valence-corrected chi connectivity index (χ1v) is 5.10. The van der Waals surface area contributed by atoms with E-state index in [1.807, 2.05) is 0 Å². The third-order valence-corrected chi connectivity index (χ3v) is 3.21. The van der Waals surface area contributed by atoms with Crippen LogP contribution in [0.1, 0.15) is 17.7 Å². The van der Waals surface area contributed by atoms with Crippen LogP contribution in [0.2, 0.25) is 0 Å². The molecule has 0 radical (unpaired) electrons. The summed E-state index contributed by atoms with van der Waals surface area (Å²) in [7, 11) is 0. The van der Waals surface area contributed by atoms with Gasteiger partial charge in [-0.3, -0.25) is 4.79 Å². The highest BCUT2D eigenvalue weighted by Gasteiger charge is 2.55. The van der Waals surface area contributed by atoms with Crippen molar-refractivity contribution in [3.63, 3.8) is 0 Å². The molecule has 0 amide bonds. The highest BCUT2D eigenvalue weighted by molar-refractivity contribution is 7.80. The summed E-state index contributed by atoms with van der Waals surface area (Å²) in [5, 5.41) is -1.37. The Kier molecular flexibility index (Phi) is 3.68. The van der Waals surface area contributed by atoms with Crippen LogP contribution in [0.4, 0.5) is 13.2 Å². The maximum atomic E-state index is 13.9. The van der Waals surface area contributed by atoms with Crippen molar-refractivity contribution in [2.45, 2.75) is 23.8 Å². The molecule has 0 aliphatic rings. The third kappa shape index (κ3) is 2.24. The predicted octanol–water partition coefficient (Wildman–Crippen LogP) is 3.22. The van der Waals surface area contributed by atoms with Gasteiger partial charge in [-0.1, -0.05) is 30.3 Å². The molecule has 0 aliphatic heterocycles.